The van der Waals surface area contributed by atoms with E-state index in [0.29, 0.717) is 30.8 Å². The molecule has 0 saturated carbocycles. The fourth-order valence-corrected chi connectivity index (χ4v) is 5.30. The minimum absolute atomic E-state index is 0.0918. The number of carbonyl (C=O) groups is 2. The summed E-state index contributed by atoms with van der Waals surface area (Å²) in [5.41, 5.74) is 1.69. The predicted molar refractivity (Wildman–Crippen MR) is 126 cm³/mol. The number of benzene rings is 2. The van der Waals surface area contributed by atoms with E-state index in [-0.39, 0.29) is 17.6 Å². The number of carbonyl (C=O) groups excluding carboxylic acids is 2. The highest BCUT2D eigenvalue weighted by Crippen LogP contribution is 2.32. The molecule has 3 heterocycles. The van der Waals surface area contributed by atoms with Crippen LogP contribution in [-0.4, -0.2) is 52.8 Å². The average Bonchev–Trinajstić information content (AvgIpc) is 3.45. The number of hydrogen-bond donors (Lipinski definition) is 0. The maximum Gasteiger partial charge on any atom is 0.228 e. The number of likely N-dealkylation sites (tertiary alicyclic amines) is 1. The summed E-state index contributed by atoms with van der Waals surface area (Å²) in [6.45, 7) is 2.85. The molecule has 0 aliphatic carbocycles. The summed E-state index contributed by atoms with van der Waals surface area (Å²) in [7, 11) is 0. The van der Waals surface area contributed by atoms with Crippen LogP contribution in [0.25, 0.3) is 0 Å². The molecule has 0 bridgehead atoms. The largest absolute Gasteiger partial charge is 0.457 e. The van der Waals surface area contributed by atoms with Gasteiger partial charge in [-0.3, -0.25) is 14.6 Å². The molecule has 2 aromatic carbocycles. The van der Waals surface area contributed by atoms with Gasteiger partial charge in [0.15, 0.2) is 11.0 Å². The van der Waals surface area contributed by atoms with Gasteiger partial charge >= 0.3 is 0 Å². The summed E-state index contributed by atoms with van der Waals surface area (Å²) in [5.74, 6) is 1.48. The molecule has 7 heteroatoms. The van der Waals surface area contributed by atoms with Crippen LogP contribution in [-0.2, 0) is 4.79 Å². The Morgan fingerprint density at radius 2 is 1.81 bits per heavy atom. The van der Waals surface area contributed by atoms with Crippen LogP contribution in [0.1, 0.15) is 29.6 Å². The molecule has 164 valence electrons. The molecule has 0 unspecified atom stereocenters. The first kappa shape index (κ1) is 20.8. The second-order valence-electron chi connectivity index (χ2n) is 8.20. The number of hydrogen-bond acceptors (Lipinski definition) is 6. The molecule has 32 heavy (non-hydrogen) atoms. The highest BCUT2D eigenvalue weighted by molar-refractivity contribution is 8.16. The van der Waals surface area contributed by atoms with Crippen LogP contribution in [0.4, 0.5) is 0 Å². The molecule has 3 aliphatic rings. The molecule has 1 amide bonds. The summed E-state index contributed by atoms with van der Waals surface area (Å²) in [5, 5.41) is 3.03. The van der Waals surface area contributed by atoms with E-state index in [1.807, 2.05) is 64.9 Å². The number of ether oxygens (including phenoxy) is 1. The van der Waals surface area contributed by atoms with Crippen LogP contribution in [0.15, 0.2) is 70.7 Å². The van der Waals surface area contributed by atoms with Crippen LogP contribution < -0.4 is 4.74 Å². The van der Waals surface area contributed by atoms with E-state index in [1.165, 1.54) is 0 Å². The number of para-hydroxylation sites is 1. The first-order chi connectivity index (χ1) is 15.7. The molecular weight excluding hydrogens is 422 g/mol. The molecule has 5 rings (SSSR count). The summed E-state index contributed by atoms with van der Waals surface area (Å²) in [4.78, 5) is 34.5. The minimum Gasteiger partial charge on any atom is -0.457 e. The third-order valence-corrected chi connectivity index (χ3v) is 6.99. The van der Waals surface area contributed by atoms with Crippen LogP contribution in [0.5, 0.6) is 11.5 Å². The smallest absolute Gasteiger partial charge is 0.228 e. The highest BCUT2D eigenvalue weighted by atomic mass is 32.2. The van der Waals surface area contributed by atoms with E-state index in [2.05, 4.69) is 9.89 Å². The van der Waals surface area contributed by atoms with E-state index in [0.717, 1.165) is 42.5 Å². The van der Waals surface area contributed by atoms with Gasteiger partial charge in [-0.15, -0.1) is 0 Å². The quantitative estimate of drug-likeness (QED) is 0.608. The SMILES string of the molecule is O=C(c1ccc(Oc2ccccc2)cc1)[C@@H]1CCCN(C(=O)CC2=CSC3=NCCN23)C1. The fraction of sp³-hybridized carbons (Fsp3) is 0.320. The summed E-state index contributed by atoms with van der Waals surface area (Å²) in [6, 6.07) is 16.8. The van der Waals surface area contributed by atoms with E-state index in [1.54, 1.807) is 11.8 Å². The molecule has 0 radical (unpaired) electrons. The Kier molecular flexibility index (Phi) is 5.99. The number of piperidine rings is 1. The van der Waals surface area contributed by atoms with E-state index >= 15 is 0 Å². The lowest BCUT2D eigenvalue weighted by atomic mass is 9.90. The molecule has 2 aromatic rings. The minimum atomic E-state index is -0.163. The number of thioether (sulfide) groups is 1. The number of amidine groups is 1. The zero-order chi connectivity index (χ0) is 21.9. The Hall–Kier alpha value is -3.06. The molecule has 1 fully saturated rings. The van der Waals surface area contributed by atoms with Gasteiger partial charge in [0.25, 0.3) is 0 Å². The molecule has 6 nitrogen and oxygen atoms in total. The van der Waals surface area contributed by atoms with Gasteiger partial charge in [0.05, 0.1) is 13.0 Å². The number of nitrogens with zero attached hydrogens (tertiary/aromatic N) is 3. The van der Waals surface area contributed by atoms with Gasteiger partial charge in [-0.1, -0.05) is 30.0 Å². The lowest BCUT2D eigenvalue weighted by Crippen LogP contribution is -2.43. The number of fused-ring (bicyclic) bond motifs is 1. The molecule has 0 aromatic heterocycles. The highest BCUT2D eigenvalue weighted by Gasteiger charge is 2.32. The van der Waals surface area contributed by atoms with Crippen molar-refractivity contribution in [3.05, 3.63) is 71.3 Å². The van der Waals surface area contributed by atoms with E-state index in [4.69, 9.17) is 4.74 Å². The lowest BCUT2D eigenvalue weighted by Gasteiger charge is -2.32. The zero-order valence-corrected chi connectivity index (χ0v) is 18.6. The average molecular weight is 448 g/mol. The summed E-state index contributed by atoms with van der Waals surface area (Å²) >= 11 is 1.59. The number of amides is 1. The standard InChI is InChI=1S/C25H25N3O3S/c29-23(15-20-17-32-25-26-12-14-28(20)25)27-13-4-5-19(16-27)24(30)18-8-10-22(11-9-18)31-21-6-2-1-3-7-21/h1-3,6-11,17,19H,4-5,12-16H2/t19-/m1/s1. The van der Waals surface area contributed by atoms with Gasteiger partial charge in [-0.25, -0.2) is 0 Å². The zero-order valence-electron chi connectivity index (χ0n) is 17.8. The number of ketones is 1. The predicted octanol–water partition coefficient (Wildman–Crippen LogP) is 4.55. The van der Waals surface area contributed by atoms with Gasteiger partial charge in [0.2, 0.25) is 5.91 Å². The summed E-state index contributed by atoms with van der Waals surface area (Å²) in [6.07, 6.45) is 2.03. The Morgan fingerprint density at radius 3 is 2.62 bits per heavy atom. The van der Waals surface area contributed by atoms with Crippen LogP contribution in [0.2, 0.25) is 0 Å². The van der Waals surface area contributed by atoms with E-state index in [9.17, 15) is 9.59 Å². The van der Waals surface area contributed by atoms with Crippen molar-refractivity contribution in [1.82, 2.24) is 9.80 Å². The van der Waals surface area contributed by atoms with Gasteiger partial charge in [0, 0.05) is 36.8 Å². The first-order valence-corrected chi connectivity index (χ1v) is 11.9. The van der Waals surface area contributed by atoms with Crippen LogP contribution in [0.3, 0.4) is 0 Å². The number of rotatable bonds is 6. The molecular formula is C25H25N3O3S. The Balaban J connectivity index is 1.19. The van der Waals surface area contributed by atoms with Crippen molar-refractivity contribution >= 4 is 28.6 Å². The van der Waals surface area contributed by atoms with Crippen LogP contribution >= 0.6 is 11.8 Å². The van der Waals surface area contributed by atoms with E-state index < -0.39 is 0 Å². The van der Waals surface area contributed by atoms with Crippen molar-refractivity contribution in [1.29, 1.82) is 0 Å². The third-order valence-electron chi connectivity index (χ3n) is 6.04. The monoisotopic (exact) mass is 447 g/mol. The fourth-order valence-electron chi connectivity index (χ4n) is 4.35. The van der Waals surface area contributed by atoms with Crippen molar-refractivity contribution in [3.63, 3.8) is 0 Å². The second kappa shape index (κ2) is 9.20. The molecule has 3 aliphatic heterocycles. The van der Waals surface area contributed by atoms with Gasteiger partial charge in [-0.05, 0) is 54.6 Å². The van der Waals surface area contributed by atoms with Crippen LogP contribution in [0, 0.1) is 5.92 Å². The normalized spacial score (nSPS) is 19.9. The van der Waals surface area contributed by atoms with Gasteiger partial charge in [0.1, 0.15) is 11.5 Å². The second-order valence-corrected chi connectivity index (χ2v) is 9.04. The molecule has 1 saturated heterocycles. The van der Waals surface area contributed by atoms with Gasteiger partial charge < -0.3 is 14.5 Å². The van der Waals surface area contributed by atoms with Crippen molar-refractivity contribution < 1.29 is 14.3 Å². The molecule has 1 atom stereocenters. The summed E-state index contributed by atoms with van der Waals surface area (Å²) < 4.78 is 5.82. The topological polar surface area (TPSA) is 62.2 Å². The lowest BCUT2D eigenvalue weighted by molar-refractivity contribution is -0.132. The molecule has 0 spiro atoms. The number of aliphatic imine (C=N–C) groups is 1. The third kappa shape index (κ3) is 4.43. The van der Waals surface area contributed by atoms with Crippen molar-refractivity contribution in [3.8, 4) is 11.5 Å². The number of Topliss-reactive ketones (excluding diaryl/α,β-unsaturated/α-hetero) is 1. The van der Waals surface area contributed by atoms with Gasteiger partial charge in [-0.2, -0.15) is 0 Å². The molecule has 0 N–H and O–H groups in total. The van der Waals surface area contributed by atoms with Crippen molar-refractivity contribution in [2.24, 2.45) is 10.9 Å². The first-order valence-electron chi connectivity index (χ1n) is 11.0. The van der Waals surface area contributed by atoms with Crippen molar-refractivity contribution in [2.45, 2.75) is 19.3 Å². The Labute approximate surface area is 192 Å². The maximum atomic E-state index is 13.1. The Morgan fingerprint density at radius 1 is 1.03 bits per heavy atom. The maximum absolute atomic E-state index is 13.1. The van der Waals surface area contributed by atoms with Crippen molar-refractivity contribution in [2.75, 3.05) is 26.2 Å². The Bertz CT molecular complexity index is 1070.